The third-order valence-electron chi connectivity index (χ3n) is 5.56. The number of nitrogens with one attached hydrogen (secondary N) is 1. The predicted octanol–water partition coefficient (Wildman–Crippen LogP) is 3.44. The summed E-state index contributed by atoms with van der Waals surface area (Å²) in [5, 5.41) is 2.93. The normalized spacial score (nSPS) is 14.9. The molecule has 6 heteroatoms. The van der Waals surface area contributed by atoms with Crippen molar-refractivity contribution in [2.24, 2.45) is 5.92 Å². The molecule has 3 heterocycles. The number of likely N-dealkylation sites (tertiary alicyclic amines) is 1. The molecule has 3 aromatic rings. The van der Waals surface area contributed by atoms with Gasteiger partial charge in [0.25, 0.3) is 11.8 Å². The fourth-order valence-corrected chi connectivity index (χ4v) is 3.80. The summed E-state index contributed by atoms with van der Waals surface area (Å²) >= 11 is 0. The van der Waals surface area contributed by atoms with Crippen LogP contribution in [0.25, 0.3) is 5.52 Å². The smallest absolute Gasteiger partial charge is 0.290 e. The van der Waals surface area contributed by atoms with E-state index in [9.17, 15) is 9.59 Å². The van der Waals surface area contributed by atoms with Gasteiger partial charge < -0.3 is 10.2 Å². The second-order valence-corrected chi connectivity index (χ2v) is 7.89. The van der Waals surface area contributed by atoms with Crippen LogP contribution in [0.1, 0.15) is 52.0 Å². The molecule has 0 radical (unpaired) electrons. The summed E-state index contributed by atoms with van der Waals surface area (Å²) in [6.45, 7) is 6.11. The summed E-state index contributed by atoms with van der Waals surface area (Å²) in [5.41, 5.74) is 3.10. The van der Waals surface area contributed by atoms with E-state index in [0.29, 0.717) is 23.8 Å². The average molecular weight is 390 g/mol. The molecule has 150 valence electrons. The van der Waals surface area contributed by atoms with Crippen molar-refractivity contribution < 1.29 is 9.59 Å². The van der Waals surface area contributed by atoms with E-state index >= 15 is 0 Å². The minimum atomic E-state index is -0.276. The topological polar surface area (TPSA) is 66.7 Å². The Kier molecular flexibility index (Phi) is 5.34. The molecular weight excluding hydrogens is 364 g/mol. The number of aromatic nitrogens is 2. The number of imidazole rings is 1. The second-order valence-electron chi connectivity index (χ2n) is 7.89. The molecule has 0 atom stereocenters. The number of rotatable bonds is 4. The van der Waals surface area contributed by atoms with Crippen molar-refractivity contribution in [1.82, 2.24) is 19.6 Å². The van der Waals surface area contributed by atoms with Gasteiger partial charge in [0.15, 0.2) is 5.69 Å². The molecule has 0 saturated carbocycles. The Hall–Kier alpha value is -3.15. The minimum absolute atomic E-state index is 0.115. The highest BCUT2D eigenvalue weighted by Gasteiger charge is 2.27. The van der Waals surface area contributed by atoms with Crippen LogP contribution in [0.2, 0.25) is 0 Å². The zero-order chi connectivity index (χ0) is 20.4. The van der Waals surface area contributed by atoms with Crippen LogP contribution in [-0.2, 0) is 6.54 Å². The Labute approximate surface area is 170 Å². The molecule has 6 nitrogen and oxygen atoms in total. The van der Waals surface area contributed by atoms with Crippen molar-refractivity contribution in [2.75, 3.05) is 13.1 Å². The Balaban J connectivity index is 1.58. The summed E-state index contributed by atoms with van der Waals surface area (Å²) in [7, 11) is 0. The first-order valence-electron chi connectivity index (χ1n) is 10.1. The number of carbonyl (C=O) groups is 2. The van der Waals surface area contributed by atoms with E-state index in [0.717, 1.165) is 37.1 Å². The van der Waals surface area contributed by atoms with Gasteiger partial charge >= 0.3 is 0 Å². The number of piperidine rings is 1. The highest BCUT2D eigenvalue weighted by atomic mass is 16.2. The van der Waals surface area contributed by atoms with Crippen LogP contribution < -0.4 is 5.32 Å². The number of nitrogens with zero attached hydrogens (tertiary/aromatic N) is 3. The third kappa shape index (κ3) is 4.01. The van der Waals surface area contributed by atoms with Crippen molar-refractivity contribution in [3.63, 3.8) is 0 Å². The first-order valence-corrected chi connectivity index (χ1v) is 10.1. The van der Waals surface area contributed by atoms with Crippen LogP contribution in [0, 0.1) is 12.8 Å². The lowest BCUT2D eigenvalue weighted by atomic mass is 9.99. The van der Waals surface area contributed by atoms with Crippen LogP contribution in [0.15, 0.2) is 48.7 Å². The van der Waals surface area contributed by atoms with Gasteiger partial charge in [-0.2, -0.15) is 0 Å². The molecule has 1 fully saturated rings. The van der Waals surface area contributed by atoms with Gasteiger partial charge in [0.2, 0.25) is 5.82 Å². The SMILES string of the molecule is Cc1cccc(CNC(=O)c2nc(C(=O)N3CCC(C)CC3)n3ccccc23)c1. The number of hydrogen-bond donors (Lipinski definition) is 1. The lowest BCUT2D eigenvalue weighted by Gasteiger charge is -2.29. The quantitative estimate of drug-likeness (QED) is 0.742. The fourth-order valence-electron chi connectivity index (χ4n) is 3.80. The fraction of sp³-hybridized carbons (Fsp3) is 0.348. The minimum Gasteiger partial charge on any atom is -0.347 e. The Bertz CT molecular complexity index is 1050. The summed E-state index contributed by atoms with van der Waals surface area (Å²) < 4.78 is 1.72. The predicted molar refractivity (Wildman–Crippen MR) is 112 cm³/mol. The second kappa shape index (κ2) is 8.07. The number of aryl methyl sites for hydroxylation is 1. The zero-order valence-corrected chi connectivity index (χ0v) is 16.9. The molecule has 2 aromatic heterocycles. The van der Waals surface area contributed by atoms with Gasteiger partial charge in [-0.3, -0.25) is 14.0 Å². The lowest BCUT2D eigenvalue weighted by molar-refractivity contribution is 0.0684. The molecule has 1 N–H and O–H groups in total. The Morgan fingerprint density at radius 1 is 1.14 bits per heavy atom. The molecule has 2 amide bonds. The van der Waals surface area contributed by atoms with E-state index in [4.69, 9.17) is 0 Å². The van der Waals surface area contributed by atoms with Crippen LogP contribution >= 0.6 is 0 Å². The van der Waals surface area contributed by atoms with Gasteiger partial charge in [-0.1, -0.05) is 42.8 Å². The van der Waals surface area contributed by atoms with Crippen LogP contribution in [0.3, 0.4) is 0 Å². The van der Waals surface area contributed by atoms with Crippen LogP contribution in [0.5, 0.6) is 0 Å². The van der Waals surface area contributed by atoms with Crippen molar-refractivity contribution in [3.05, 3.63) is 71.3 Å². The maximum atomic E-state index is 13.1. The van der Waals surface area contributed by atoms with Gasteiger partial charge in [0.1, 0.15) is 0 Å². The molecule has 1 aromatic carbocycles. The van der Waals surface area contributed by atoms with Crippen molar-refractivity contribution in [3.8, 4) is 0 Å². The number of pyridine rings is 1. The number of fused-ring (bicyclic) bond motifs is 1. The maximum Gasteiger partial charge on any atom is 0.290 e. The zero-order valence-electron chi connectivity index (χ0n) is 16.9. The average Bonchev–Trinajstić information content (AvgIpc) is 3.12. The van der Waals surface area contributed by atoms with Crippen molar-refractivity contribution >= 4 is 17.3 Å². The molecule has 0 unspecified atom stereocenters. The van der Waals surface area contributed by atoms with Gasteiger partial charge in [0.05, 0.1) is 5.52 Å². The molecule has 4 rings (SSSR count). The molecule has 0 spiro atoms. The van der Waals surface area contributed by atoms with E-state index in [1.807, 2.05) is 54.3 Å². The first-order chi connectivity index (χ1) is 14.0. The number of amides is 2. The van der Waals surface area contributed by atoms with Gasteiger partial charge in [-0.15, -0.1) is 0 Å². The molecule has 1 aliphatic heterocycles. The number of carbonyl (C=O) groups excluding carboxylic acids is 2. The Morgan fingerprint density at radius 3 is 2.69 bits per heavy atom. The maximum absolute atomic E-state index is 13.1. The number of benzene rings is 1. The van der Waals surface area contributed by atoms with E-state index in [2.05, 4.69) is 17.2 Å². The highest BCUT2D eigenvalue weighted by molar-refractivity contribution is 6.02. The first kappa shape index (κ1) is 19.2. The highest BCUT2D eigenvalue weighted by Crippen LogP contribution is 2.20. The molecule has 0 bridgehead atoms. The van der Waals surface area contributed by atoms with Crippen molar-refractivity contribution in [2.45, 2.75) is 33.2 Å². The van der Waals surface area contributed by atoms with Crippen LogP contribution in [0.4, 0.5) is 0 Å². The summed E-state index contributed by atoms with van der Waals surface area (Å²) in [6.07, 6.45) is 3.79. The summed E-state index contributed by atoms with van der Waals surface area (Å²) in [6, 6.07) is 13.5. The largest absolute Gasteiger partial charge is 0.347 e. The monoisotopic (exact) mass is 390 g/mol. The molecular formula is C23H26N4O2. The van der Waals surface area contributed by atoms with Crippen LogP contribution in [-0.4, -0.2) is 39.2 Å². The third-order valence-corrected chi connectivity index (χ3v) is 5.56. The van der Waals surface area contributed by atoms with Crippen molar-refractivity contribution in [1.29, 1.82) is 0 Å². The molecule has 1 aliphatic rings. The summed E-state index contributed by atoms with van der Waals surface area (Å²) in [4.78, 5) is 32.3. The Morgan fingerprint density at radius 2 is 1.93 bits per heavy atom. The van der Waals surface area contributed by atoms with E-state index < -0.39 is 0 Å². The number of hydrogen-bond acceptors (Lipinski definition) is 3. The van der Waals surface area contributed by atoms with Gasteiger partial charge in [0, 0.05) is 25.8 Å². The van der Waals surface area contributed by atoms with E-state index in [1.54, 1.807) is 10.6 Å². The summed E-state index contributed by atoms with van der Waals surface area (Å²) in [5.74, 6) is 0.548. The molecule has 0 aliphatic carbocycles. The van der Waals surface area contributed by atoms with Gasteiger partial charge in [-0.25, -0.2) is 4.98 Å². The molecule has 29 heavy (non-hydrogen) atoms. The molecule has 1 saturated heterocycles. The standard InChI is InChI=1S/C23H26N4O2/c1-16-9-12-26(13-10-16)23(29)21-25-20(19-8-3-4-11-27(19)21)22(28)24-15-18-7-5-6-17(2)14-18/h3-8,11,14,16H,9-10,12-13,15H2,1-2H3,(H,24,28). The lowest BCUT2D eigenvalue weighted by Crippen LogP contribution is -2.38. The van der Waals surface area contributed by atoms with Gasteiger partial charge in [-0.05, 0) is 43.4 Å². The van der Waals surface area contributed by atoms with E-state index in [1.165, 1.54) is 0 Å². The van der Waals surface area contributed by atoms with E-state index in [-0.39, 0.29) is 17.5 Å².